The number of nitrogens with zero attached hydrogens (tertiary/aromatic N) is 1. The summed E-state index contributed by atoms with van der Waals surface area (Å²) in [7, 11) is 0. The second-order valence-corrected chi connectivity index (χ2v) is 2.61. The summed E-state index contributed by atoms with van der Waals surface area (Å²) >= 11 is 0. The Bertz CT molecular complexity index is 103. The van der Waals surface area contributed by atoms with Crippen molar-refractivity contribution in [3.8, 4) is 0 Å². The van der Waals surface area contributed by atoms with Gasteiger partial charge in [0.2, 0.25) is 0 Å². The molecule has 1 atom stereocenters. The van der Waals surface area contributed by atoms with E-state index in [0.29, 0.717) is 0 Å². The number of rotatable bonds is 3. The highest BCUT2D eigenvalue weighted by Gasteiger charge is 2.25. The zero-order valence-corrected chi connectivity index (χ0v) is 5.88. The standard InChI is InChI=1S/C5H12N2O2/c1-4(6-8)5(2,3)7-9/h4,7,9H,1-3H3. The monoisotopic (exact) mass is 132 g/mol. The molecule has 9 heavy (non-hydrogen) atoms. The van der Waals surface area contributed by atoms with Gasteiger partial charge in [-0.05, 0) is 20.8 Å². The Kier molecular flexibility index (Phi) is 2.73. The van der Waals surface area contributed by atoms with Crippen LogP contribution in [0.5, 0.6) is 0 Å². The summed E-state index contributed by atoms with van der Waals surface area (Å²) in [5.74, 6) is 0. The van der Waals surface area contributed by atoms with Crippen molar-refractivity contribution in [2.24, 2.45) is 5.18 Å². The molecule has 0 spiro atoms. The van der Waals surface area contributed by atoms with E-state index in [1.54, 1.807) is 20.8 Å². The topological polar surface area (TPSA) is 61.7 Å². The van der Waals surface area contributed by atoms with Crippen LogP contribution in [-0.2, 0) is 0 Å². The van der Waals surface area contributed by atoms with Crippen molar-refractivity contribution >= 4 is 0 Å². The summed E-state index contributed by atoms with van der Waals surface area (Å²) < 4.78 is 0. The molecule has 0 aliphatic heterocycles. The molecule has 0 amide bonds. The van der Waals surface area contributed by atoms with Crippen LogP contribution in [0.4, 0.5) is 0 Å². The minimum Gasteiger partial charge on any atom is -0.316 e. The van der Waals surface area contributed by atoms with E-state index in [1.165, 1.54) is 0 Å². The minimum atomic E-state index is -0.623. The van der Waals surface area contributed by atoms with Crippen molar-refractivity contribution in [3.63, 3.8) is 0 Å². The molecule has 0 rings (SSSR count). The molecule has 0 radical (unpaired) electrons. The summed E-state index contributed by atoms with van der Waals surface area (Å²) in [5, 5.41) is 11.2. The maximum atomic E-state index is 9.91. The predicted molar refractivity (Wildman–Crippen MR) is 34.3 cm³/mol. The third-order valence-electron chi connectivity index (χ3n) is 1.49. The summed E-state index contributed by atoms with van der Waals surface area (Å²) in [6.07, 6.45) is 0. The van der Waals surface area contributed by atoms with Crippen molar-refractivity contribution in [1.29, 1.82) is 0 Å². The first kappa shape index (κ1) is 8.52. The van der Waals surface area contributed by atoms with E-state index >= 15 is 0 Å². The third kappa shape index (κ3) is 2.07. The molecule has 0 fully saturated rings. The zero-order chi connectivity index (χ0) is 7.49. The Hall–Kier alpha value is -0.480. The second kappa shape index (κ2) is 2.89. The Morgan fingerprint density at radius 2 is 2.11 bits per heavy atom. The summed E-state index contributed by atoms with van der Waals surface area (Å²) in [5.41, 5.74) is 1.37. The van der Waals surface area contributed by atoms with E-state index < -0.39 is 11.6 Å². The first-order chi connectivity index (χ1) is 4.04. The fourth-order valence-electron chi connectivity index (χ4n) is 0.225. The highest BCUT2D eigenvalue weighted by atomic mass is 16.5. The number of hydroxylamine groups is 1. The molecule has 0 aliphatic rings. The second-order valence-electron chi connectivity index (χ2n) is 2.61. The molecule has 4 heteroatoms. The lowest BCUT2D eigenvalue weighted by molar-refractivity contribution is 0.0698. The van der Waals surface area contributed by atoms with E-state index in [0.717, 1.165) is 0 Å². The van der Waals surface area contributed by atoms with Gasteiger partial charge in [0.15, 0.2) is 0 Å². The average molecular weight is 132 g/mol. The molecule has 1 unspecified atom stereocenters. The lowest BCUT2D eigenvalue weighted by atomic mass is 9.99. The summed E-state index contributed by atoms with van der Waals surface area (Å²) in [6.45, 7) is 5.02. The predicted octanol–water partition coefficient (Wildman–Crippen LogP) is 0.899. The van der Waals surface area contributed by atoms with E-state index in [2.05, 4.69) is 5.18 Å². The van der Waals surface area contributed by atoms with Crippen LogP contribution in [-0.4, -0.2) is 16.8 Å². The van der Waals surface area contributed by atoms with E-state index in [9.17, 15) is 4.91 Å². The van der Waals surface area contributed by atoms with Gasteiger partial charge in [-0.2, -0.15) is 10.4 Å². The van der Waals surface area contributed by atoms with Crippen LogP contribution in [0.15, 0.2) is 5.18 Å². The SMILES string of the molecule is CC(N=O)C(C)(C)NO. The first-order valence-electron chi connectivity index (χ1n) is 2.78. The van der Waals surface area contributed by atoms with Gasteiger partial charge >= 0.3 is 0 Å². The molecule has 4 nitrogen and oxygen atoms in total. The molecule has 0 saturated carbocycles. The van der Waals surface area contributed by atoms with E-state index in [-0.39, 0.29) is 0 Å². The van der Waals surface area contributed by atoms with Crippen molar-refractivity contribution in [1.82, 2.24) is 5.48 Å². The highest BCUT2D eigenvalue weighted by Crippen LogP contribution is 2.09. The first-order valence-corrected chi connectivity index (χ1v) is 2.78. The summed E-state index contributed by atoms with van der Waals surface area (Å²) in [4.78, 5) is 9.91. The number of nitroso groups, excluding NO2 is 1. The molecule has 0 heterocycles. The Morgan fingerprint density at radius 1 is 1.67 bits per heavy atom. The summed E-state index contributed by atoms with van der Waals surface area (Å²) in [6, 6.07) is -0.428. The fourth-order valence-corrected chi connectivity index (χ4v) is 0.225. The van der Waals surface area contributed by atoms with Crippen LogP contribution in [0.3, 0.4) is 0 Å². The van der Waals surface area contributed by atoms with Crippen molar-refractivity contribution < 1.29 is 5.21 Å². The van der Waals surface area contributed by atoms with Crippen LogP contribution in [0.1, 0.15) is 20.8 Å². The largest absolute Gasteiger partial charge is 0.316 e. The number of nitrogens with one attached hydrogen (secondary N) is 1. The lowest BCUT2D eigenvalue weighted by Crippen LogP contribution is -2.45. The zero-order valence-electron chi connectivity index (χ0n) is 5.88. The van der Waals surface area contributed by atoms with Gasteiger partial charge in [-0.3, -0.25) is 0 Å². The van der Waals surface area contributed by atoms with Crippen LogP contribution in [0, 0.1) is 4.91 Å². The highest BCUT2D eigenvalue weighted by molar-refractivity contribution is 4.84. The van der Waals surface area contributed by atoms with Gasteiger partial charge in [0, 0.05) is 0 Å². The fraction of sp³-hybridized carbons (Fsp3) is 1.00. The van der Waals surface area contributed by atoms with Gasteiger partial charge in [0.05, 0.1) is 5.54 Å². The number of hydrogen-bond acceptors (Lipinski definition) is 4. The maximum absolute atomic E-state index is 9.91. The molecule has 0 aromatic carbocycles. The third-order valence-corrected chi connectivity index (χ3v) is 1.49. The Morgan fingerprint density at radius 3 is 2.22 bits per heavy atom. The van der Waals surface area contributed by atoms with E-state index in [4.69, 9.17) is 5.21 Å². The normalized spacial score (nSPS) is 15.1. The van der Waals surface area contributed by atoms with Gasteiger partial charge in [-0.15, -0.1) is 0 Å². The maximum Gasteiger partial charge on any atom is 0.109 e. The molecule has 0 saturated heterocycles. The molecule has 0 bridgehead atoms. The Balaban J connectivity index is 3.95. The smallest absolute Gasteiger partial charge is 0.109 e. The van der Waals surface area contributed by atoms with Crippen molar-refractivity contribution in [2.75, 3.05) is 0 Å². The Labute approximate surface area is 54.2 Å². The average Bonchev–Trinajstić information content (AvgIpc) is 1.86. The molecule has 54 valence electrons. The molecule has 0 aromatic rings. The van der Waals surface area contributed by atoms with Crippen LogP contribution in [0.25, 0.3) is 0 Å². The number of hydrogen-bond donors (Lipinski definition) is 2. The van der Waals surface area contributed by atoms with Crippen LogP contribution < -0.4 is 5.48 Å². The lowest BCUT2D eigenvalue weighted by Gasteiger charge is -2.23. The van der Waals surface area contributed by atoms with Gasteiger partial charge < -0.3 is 5.21 Å². The van der Waals surface area contributed by atoms with Crippen molar-refractivity contribution in [2.45, 2.75) is 32.4 Å². The van der Waals surface area contributed by atoms with Gasteiger partial charge in [0.25, 0.3) is 0 Å². The molecule has 2 N–H and O–H groups in total. The molecule has 0 aliphatic carbocycles. The molecular weight excluding hydrogens is 120 g/mol. The van der Waals surface area contributed by atoms with Crippen molar-refractivity contribution in [3.05, 3.63) is 4.91 Å². The molecule has 0 aromatic heterocycles. The van der Waals surface area contributed by atoms with E-state index in [1.807, 2.05) is 5.48 Å². The molecular formula is C5H12N2O2. The van der Waals surface area contributed by atoms with Gasteiger partial charge in [-0.1, -0.05) is 5.18 Å². The van der Waals surface area contributed by atoms with Gasteiger partial charge in [0.1, 0.15) is 6.04 Å². The van der Waals surface area contributed by atoms with Gasteiger partial charge in [-0.25, -0.2) is 0 Å². The van der Waals surface area contributed by atoms with Crippen LogP contribution >= 0.6 is 0 Å². The quantitative estimate of drug-likeness (QED) is 0.443. The van der Waals surface area contributed by atoms with Crippen LogP contribution in [0.2, 0.25) is 0 Å². The minimum absolute atomic E-state index is 0.428.